The average molecular weight is 328 g/mol. The topological polar surface area (TPSA) is 39.9 Å². The number of piperidine rings is 1. The molecule has 1 atom stereocenters. The number of likely N-dealkylation sites (N-methyl/N-ethyl adjacent to an activating group) is 1. The molecule has 1 aromatic carbocycles. The second-order valence-corrected chi connectivity index (χ2v) is 6.77. The molecule has 0 unspecified atom stereocenters. The van der Waals surface area contributed by atoms with Gasteiger partial charge in [0, 0.05) is 19.1 Å². The third kappa shape index (κ3) is 4.69. The summed E-state index contributed by atoms with van der Waals surface area (Å²) in [5.74, 6) is 1.60. The fourth-order valence-electron chi connectivity index (χ4n) is 3.48. The second kappa shape index (κ2) is 8.47. The van der Waals surface area contributed by atoms with Crippen molar-refractivity contribution in [2.24, 2.45) is 0 Å². The van der Waals surface area contributed by atoms with Crippen LogP contribution in [0, 0.1) is 0 Å². The minimum Gasteiger partial charge on any atom is -0.462 e. The number of furan rings is 1. The molecule has 1 N–H and O–H groups in total. The monoisotopic (exact) mass is 328 g/mol. The Hall–Kier alpha value is -1.62. The molecule has 0 saturated carbocycles. The molecule has 1 aliphatic rings. The maximum absolute atomic E-state index is 9.11. The Bertz CT molecular complexity index is 611. The first-order chi connectivity index (χ1) is 11.7. The van der Waals surface area contributed by atoms with Gasteiger partial charge in [0.15, 0.2) is 0 Å². The molecule has 2 heterocycles. The third-order valence-electron chi connectivity index (χ3n) is 4.95. The van der Waals surface area contributed by atoms with E-state index in [9.17, 15) is 0 Å². The molecule has 1 fully saturated rings. The van der Waals surface area contributed by atoms with Gasteiger partial charge in [-0.1, -0.05) is 30.3 Å². The fraction of sp³-hybridized carbons (Fsp3) is 0.500. The zero-order chi connectivity index (χ0) is 16.8. The molecule has 4 heteroatoms. The Morgan fingerprint density at radius 2 is 1.96 bits per heavy atom. The van der Waals surface area contributed by atoms with Crippen molar-refractivity contribution in [1.82, 2.24) is 9.80 Å². The average Bonchev–Trinajstić information content (AvgIpc) is 3.08. The Morgan fingerprint density at radius 3 is 2.71 bits per heavy atom. The van der Waals surface area contributed by atoms with Gasteiger partial charge in [-0.25, -0.2) is 0 Å². The van der Waals surface area contributed by atoms with Gasteiger partial charge in [-0.15, -0.1) is 0 Å². The van der Waals surface area contributed by atoms with Crippen LogP contribution in [0.3, 0.4) is 0 Å². The highest BCUT2D eigenvalue weighted by Crippen LogP contribution is 2.19. The highest BCUT2D eigenvalue weighted by atomic mass is 16.4. The van der Waals surface area contributed by atoms with E-state index in [1.54, 1.807) is 0 Å². The van der Waals surface area contributed by atoms with E-state index in [4.69, 9.17) is 9.52 Å². The first kappa shape index (κ1) is 17.2. The quantitative estimate of drug-likeness (QED) is 0.848. The van der Waals surface area contributed by atoms with Gasteiger partial charge in [-0.05, 0) is 50.6 Å². The van der Waals surface area contributed by atoms with Gasteiger partial charge < -0.3 is 14.4 Å². The van der Waals surface area contributed by atoms with Crippen LogP contribution in [-0.4, -0.2) is 47.6 Å². The largest absolute Gasteiger partial charge is 0.462 e. The lowest BCUT2D eigenvalue weighted by Crippen LogP contribution is -2.46. The van der Waals surface area contributed by atoms with Crippen molar-refractivity contribution in [3.8, 4) is 0 Å². The Morgan fingerprint density at radius 1 is 1.17 bits per heavy atom. The van der Waals surface area contributed by atoms with Gasteiger partial charge >= 0.3 is 0 Å². The molecule has 3 rings (SSSR count). The second-order valence-electron chi connectivity index (χ2n) is 6.77. The number of nitrogens with zero attached hydrogens (tertiary/aromatic N) is 2. The van der Waals surface area contributed by atoms with Gasteiger partial charge in [0.25, 0.3) is 0 Å². The minimum atomic E-state index is -0.0230. The van der Waals surface area contributed by atoms with E-state index in [0.717, 1.165) is 38.4 Å². The zero-order valence-electron chi connectivity index (χ0n) is 14.5. The summed E-state index contributed by atoms with van der Waals surface area (Å²) in [5.41, 5.74) is 1.41. The van der Waals surface area contributed by atoms with Gasteiger partial charge in [0.05, 0.1) is 6.54 Å². The van der Waals surface area contributed by atoms with Gasteiger partial charge in [-0.3, -0.25) is 4.90 Å². The van der Waals surface area contributed by atoms with E-state index < -0.39 is 0 Å². The van der Waals surface area contributed by atoms with Crippen LogP contribution < -0.4 is 0 Å². The fourth-order valence-corrected chi connectivity index (χ4v) is 3.48. The van der Waals surface area contributed by atoms with Crippen molar-refractivity contribution in [2.45, 2.75) is 38.5 Å². The van der Waals surface area contributed by atoms with Crippen molar-refractivity contribution in [3.05, 3.63) is 59.5 Å². The standard InChI is InChI=1S/C20H28N2O2/c1-21(13-11-17-6-3-2-4-7-17)18-8-5-12-22(14-18)15-19-9-10-20(16-23)24-19/h2-4,6-7,9-10,18,23H,5,8,11-16H2,1H3/t18-/m0/s1. The van der Waals surface area contributed by atoms with Crippen LogP contribution in [0.15, 0.2) is 46.9 Å². The van der Waals surface area contributed by atoms with Gasteiger partial charge in [0.2, 0.25) is 0 Å². The predicted octanol–water partition coefficient (Wildman–Crippen LogP) is 2.91. The van der Waals surface area contributed by atoms with E-state index in [1.807, 2.05) is 12.1 Å². The van der Waals surface area contributed by atoms with Crippen LogP contribution in [0.5, 0.6) is 0 Å². The van der Waals surface area contributed by atoms with E-state index in [0.29, 0.717) is 11.8 Å². The molecule has 1 aromatic heterocycles. The smallest absolute Gasteiger partial charge is 0.129 e. The molecule has 0 spiro atoms. The van der Waals surface area contributed by atoms with E-state index in [1.165, 1.54) is 18.4 Å². The lowest BCUT2D eigenvalue weighted by Gasteiger charge is -2.37. The number of aliphatic hydroxyl groups is 1. The molecule has 2 aromatic rings. The molecule has 0 bridgehead atoms. The van der Waals surface area contributed by atoms with Gasteiger partial charge in [0.1, 0.15) is 18.1 Å². The van der Waals surface area contributed by atoms with E-state index in [-0.39, 0.29) is 6.61 Å². The summed E-state index contributed by atoms with van der Waals surface area (Å²) in [5, 5.41) is 9.11. The highest BCUT2D eigenvalue weighted by Gasteiger charge is 2.23. The number of rotatable bonds is 7. The molecule has 0 aliphatic carbocycles. The molecule has 1 saturated heterocycles. The van der Waals surface area contributed by atoms with Gasteiger partial charge in [-0.2, -0.15) is 0 Å². The lowest BCUT2D eigenvalue weighted by atomic mass is 10.0. The summed E-state index contributed by atoms with van der Waals surface area (Å²) < 4.78 is 5.63. The lowest BCUT2D eigenvalue weighted by molar-refractivity contribution is 0.106. The van der Waals surface area contributed by atoms with Crippen LogP contribution in [0.1, 0.15) is 29.9 Å². The Balaban J connectivity index is 1.49. The Labute approximate surface area is 144 Å². The molecular weight excluding hydrogens is 300 g/mol. The number of benzene rings is 1. The maximum atomic E-state index is 9.11. The summed E-state index contributed by atoms with van der Waals surface area (Å²) in [6.45, 7) is 4.12. The van der Waals surface area contributed by atoms with Crippen molar-refractivity contribution < 1.29 is 9.52 Å². The van der Waals surface area contributed by atoms with Crippen molar-refractivity contribution in [3.63, 3.8) is 0 Å². The van der Waals surface area contributed by atoms with Crippen molar-refractivity contribution in [1.29, 1.82) is 0 Å². The predicted molar refractivity (Wildman–Crippen MR) is 95.7 cm³/mol. The SMILES string of the molecule is CN(CCc1ccccc1)[C@H]1CCCN(Cc2ccc(CO)o2)C1. The summed E-state index contributed by atoms with van der Waals surface area (Å²) in [6.07, 6.45) is 3.60. The number of hydrogen-bond acceptors (Lipinski definition) is 4. The van der Waals surface area contributed by atoms with Crippen LogP contribution in [0.25, 0.3) is 0 Å². The molecule has 0 radical (unpaired) electrons. The normalized spacial score (nSPS) is 19.0. The zero-order valence-corrected chi connectivity index (χ0v) is 14.5. The van der Waals surface area contributed by atoms with Crippen molar-refractivity contribution in [2.75, 3.05) is 26.7 Å². The Kier molecular flexibility index (Phi) is 6.07. The van der Waals surface area contributed by atoms with Crippen LogP contribution in [0.2, 0.25) is 0 Å². The van der Waals surface area contributed by atoms with Crippen LogP contribution >= 0.6 is 0 Å². The third-order valence-corrected chi connectivity index (χ3v) is 4.95. The summed E-state index contributed by atoms with van der Waals surface area (Å²) in [4.78, 5) is 4.97. The maximum Gasteiger partial charge on any atom is 0.129 e. The first-order valence-corrected chi connectivity index (χ1v) is 8.89. The van der Waals surface area contributed by atoms with E-state index >= 15 is 0 Å². The summed E-state index contributed by atoms with van der Waals surface area (Å²) in [6, 6.07) is 15.2. The molecule has 130 valence electrons. The first-order valence-electron chi connectivity index (χ1n) is 8.89. The summed E-state index contributed by atoms with van der Waals surface area (Å²) in [7, 11) is 2.24. The van der Waals surface area contributed by atoms with E-state index in [2.05, 4.69) is 47.2 Å². The molecule has 24 heavy (non-hydrogen) atoms. The van der Waals surface area contributed by atoms with Crippen LogP contribution in [-0.2, 0) is 19.6 Å². The summed E-state index contributed by atoms with van der Waals surface area (Å²) >= 11 is 0. The minimum absolute atomic E-state index is 0.0230. The molecule has 0 amide bonds. The molecular formula is C20H28N2O2. The number of likely N-dealkylation sites (tertiary alicyclic amines) is 1. The molecule has 4 nitrogen and oxygen atoms in total. The van der Waals surface area contributed by atoms with Crippen molar-refractivity contribution >= 4 is 0 Å². The molecule has 1 aliphatic heterocycles. The number of aliphatic hydroxyl groups excluding tert-OH is 1. The van der Waals surface area contributed by atoms with Crippen LogP contribution in [0.4, 0.5) is 0 Å². The number of hydrogen-bond donors (Lipinski definition) is 1. The highest BCUT2D eigenvalue weighted by molar-refractivity contribution is 5.15.